The Morgan fingerprint density at radius 2 is 1.06 bits per heavy atom. The summed E-state index contributed by atoms with van der Waals surface area (Å²) in [5, 5.41) is 7.53. The van der Waals surface area contributed by atoms with Crippen molar-refractivity contribution in [2.75, 3.05) is 0 Å². The number of nitrogens with zero attached hydrogens (tertiary/aromatic N) is 2. The molecule has 0 spiro atoms. The molecule has 2 aliphatic carbocycles. The number of nitrogens with one attached hydrogen (secondary N) is 4. The highest BCUT2D eigenvalue weighted by Gasteiger charge is 2.38. The summed E-state index contributed by atoms with van der Waals surface area (Å²) in [4.78, 5) is 39.4. The zero-order valence-electron chi connectivity index (χ0n) is 26.1. The molecule has 2 heterocycles. The number of imidazole rings is 2. The highest BCUT2D eigenvalue weighted by molar-refractivity contribution is 5.85. The first-order valence-corrected chi connectivity index (χ1v) is 16.0. The van der Waals surface area contributed by atoms with Crippen molar-refractivity contribution in [1.29, 1.82) is 0 Å². The monoisotopic (exact) mass is 658 g/mol. The maximum atomic E-state index is 13.4. The van der Waals surface area contributed by atoms with Gasteiger partial charge in [-0.25, -0.2) is 27.5 Å². The van der Waals surface area contributed by atoms with Crippen molar-refractivity contribution in [1.82, 2.24) is 30.6 Å². The largest absolute Gasteiger partial charge is 0.349 e. The zero-order valence-corrected chi connectivity index (χ0v) is 26.1. The molecule has 2 saturated carbocycles. The standard InChI is InChI=1S/C36H34F4N6O2/c37-35(38)13-9-25(10-14-35)33(47)43-21-31-41-19-29(45-31)7-3-23-1-5-27-18-24(2-6-28(27)17-23)4-8-30-20-42-32(46-30)22-44-34(48)26-11-15-36(39,40)16-12-26/h1-2,5-6,17-20,25-26H,9-16,21-22H2,(H,41,45)(H,42,46)(H,43,47)(H,44,48). The van der Waals surface area contributed by atoms with Gasteiger partial charge in [-0.3, -0.25) is 9.59 Å². The number of hydrogen-bond donors (Lipinski definition) is 4. The van der Waals surface area contributed by atoms with Crippen molar-refractivity contribution in [2.24, 2.45) is 11.8 Å². The van der Waals surface area contributed by atoms with E-state index in [1.165, 1.54) is 0 Å². The SMILES string of the molecule is O=C(NCc1ncc(C#Cc2ccc3cc(C#Cc4cnc(CNC(=O)C5CCC(F)(F)CC5)[nH]4)ccc3c2)[nH]1)C1CCC(F)(F)CC1. The van der Waals surface area contributed by atoms with Gasteiger partial charge in [-0.2, -0.15) is 0 Å². The smallest absolute Gasteiger partial charge is 0.248 e. The fourth-order valence-corrected chi connectivity index (χ4v) is 5.95. The highest BCUT2D eigenvalue weighted by Crippen LogP contribution is 2.37. The van der Waals surface area contributed by atoms with Gasteiger partial charge in [0.2, 0.25) is 23.7 Å². The molecule has 0 bridgehead atoms. The number of amides is 2. The molecule has 2 fully saturated rings. The minimum atomic E-state index is -2.67. The summed E-state index contributed by atoms with van der Waals surface area (Å²) in [5.41, 5.74) is 2.78. The Morgan fingerprint density at radius 3 is 1.46 bits per heavy atom. The van der Waals surface area contributed by atoms with Crippen LogP contribution in [0.3, 0.4) is 0 Å². The van der Waals surface area contributed by atoms with Crippen LogP contribution in [0.4, 0.5) is 17.6 Å². The summed E-state index contributed by atoms with van der Waals surface area (Å²) in [6.45, 7) is 0.338. The van der Waals surface area contributed by atoms with Crippen LogP contribution in [0, 0.1) is 35.5 Å². The van der Waals surface area contributed by atoms with E-state index in [0.717, 1.165) is 21.9 Å². The van der Waals surface area contributed by atoms with Crippen molar-refractivity contribution in [3.8, 4) is 23.7 Å². The van der Waals surface area contributed by atoms with E-state index in [1.54, 1.807) is 12.4 Å². The number of halogens is 4. The van der Waals surface area contributed by atoms with Crippen LogP contribution in [-0.4, -0.2) is 43.6 Å². The van der Waals surface area contributed by atoms with Gasteiger partial charge in [-0.1, -0.05) is 24.0 Å². The van der Waals surface area contributed by atoms with Gasteiger partial charge in [0.25, 0.3) is 0 Å². The molecule has 248 valence electrons. The molecule has 0 aliphatic heterocycles. The van der Waals surface area contributed by atoms with E-state index in [2.05, 4.69) is 54.3 Å². The molecule has 0 unspecified atom stereocenters. The lowest BCUT2D eigenvalue weighted by Gasteiger charge is -2.27. The van der Waals surface area contributed by atoms with Crippen molar-refractivity contribution in [3.05, 3.63) is 83.0 Å². The maximum absolute atomic E-state index is 13.4. The third kappa shape index (κ3) is 8.62. The van der Waals surface area contributed by atoms with E-state index in [-0.39, 0.29) is 76.3 Å². The molecule has 6 rings (SSSR count). The Labute approximate surface area is 274 Å². The van der Waals surface area contributed by atoms with Gasteiger partial charge in [-0.05, 0) is 72.6 Å². The third-order valence-corrected chi connectivity index (χ3v) is 8.82. The average molecular weight is 659 g/mol. The lowest BCUT2D eigenvalue weighted by molar-refractivity contribution is -0.130. The maximum Gasteiger partial charge on any atom is 0.248 e. The number of H-pyrrole nitrogens is 2. The fourth-order valence-electron chi connectivity index (χ4n) is 5.95. The molecule has 0 radical (unpaired) electrons. The van der Waals surface area contributed by atoms with Gasteiger partial charge >= 0.3 is 0 Å². The Hall–Kier alpha value is -5.10. The van der Waals surface area contributed by atoms with Crippen molar-refractivity contribution in [3.63, 3.8) is 0 Å². The van der Waals surface area contributed by atoms with Gasteiger partial charge in [0.1, 0.15) is 23.0 Å². The van der Waals surface area contributed by atoms with Gasteiger partial charge in [0, 0.05) is 48.6 Å². The van der Waals surface area contributed by atoms with Crippen molar-refractivity contribution >= 4 is 22.6 Å². The number of alkyl halides is 4. The second kappa shape index (κ2) is 13.9. The van der Waals surface area contributed by atoms with E-state index in [1.807, 2.05) is 36.4 Å². The van der Waals surface area contributed by atoms with Crippen LogP contribution < -0.4 is 10.6 Å². The number of carbonyl (C=O) groups is 2. The zero-order chi connectivity index (χ0) is 33.7. The van der Waals surface area contributed by atoms with Crippen LogP contribution in [-0.2, 0) is 22.7 Å². The lowest BCUT2D eigenvalue weighted by atomic mass is 9.86. The molecule has 12 heteroatoms. The number of aromatic amines is 2. The van der Waals surface area contributed by atoms with Gasteiger partial charge in [0.05, 0.1) is 25.5 Å². The Bertz CT molecular complexity index is 1780. The topological polar surface area (TPSA) is 116 Å². The molecule has 48 heavy (non-hydrogen) atoms. The minimum Gasteiger partial charge on any atom is -0.349 e. The van der Waals surface area contributed by atoms with Crippen LogP contribution >= 0.6 is 0 Å². The van der Waals surface area contributed by atoms with Crippen molar-refractivity contribution in [2.45, 2.75) is 76.3 Å². The Balaban J connectivity index is 0.997. The van der Waals surface area contributed by atoms with Crippen LogP contribution in [0.15, 0.2) is 48.8 Å². The molecule has 4 aromatic rings. The van der Waals surface area contributed by atoms with Crippen LogP contribution in [0.5, 0.6) is 0 Å². The molecule has 0 atom stereocenters. The molecule has 2 aliphatic rings. The molecular formula is C36H34F4N6O2. The minimum absolute atomic E-state index is 0.169. The second-order valence-electron chi connectivity index (χ2n) is 12.5. The lowest BCUT2D eigenvalue weighted by Crippen LogP contribution is -2.35. The fraction of sp³-hybridized carbons (Fsp3) is 0.389. The van der Waals surface area contributed by atoms with E-state index in [0.29, 0.717) is 23.0 Å². The van der Waals surface area contributed by atoms with Crippen LogP contribution in [0.25, 0.3) is 10.8 Å². The van der Waals surface area contributed by atoms with E-state index in [4.69, 9.17) is 0 Å². The number of benzene rings is 2. The molecular weight excluding hydrogens is 624 g/mol. The first kappa shape index (κ1) is 32.8. The van der Waals surface area contributed by atoms with Crippen LogP contribution in [0.2, 0.25) is 0 Å². The second-order valence-corrected chi connectivity index (χ2v) is 12.5. The van der Waals surface area contributed by atoms with Gasteiger partial charge in [-0.15, -0.1) is 0 Å². The summed E-state index contributed by atoms with van der Waals surface area (Å²) in [6.07, 6.45) is 2.87. The van der Waals surface area contributed by atoms with Gasteiger partial charge in [0.15, 0.2) is 0 Å². The van der Waals surface area contributed by atoms with E-state index < -0.39 is 23.7 Å². The summed E-state index contributed by atoms with van der Waals surface area (Å²) in [7, 11) is 0. The van der Waals surface area contributed by atoms with Gasteiger partial charge < -0.3 is 20.6 Å². The number of rotatable bonds is 6. The predicted octanol–water partition coefficient (Wildman–Crippen LogP) is 5.97. The number of hydrogen-bond acceptors (Lipinski definition) is 4. The van der Waals surface area contributed by atoms with Crippen molar-refractivity contribution < 1.29 is 27.2 Å². The Kier molecular flexibility index (Phi) is 9.54. The Morgan fingerprint density at radius 1 is 0.667 bits per heavy atom. The number of fused-ring (bicyclic) bond motifs is 1. The summed E-state index contributed by atoms with van der Waals surface area (Å²) in [5.74, 6) is 6.79. The van der Waals surface area contributed by atoms with Crippen LogP contribution in [0.1, 0.15) is 85.5 Å². The molecule has 8 nitrogen and oxygen atoms in total. The average Bonchev–Trinajstić information content (AvgIpc) is 3.73. The number of carbonyl (C=O) groups excluding carboxylic acids is 2. The number of aromatic nitrogens is 4. The normalized spacial score (nSPS) is 17.5. The first-order valence-electron chi connectivity index (χ1n) is 16.0. The molecule has 2 aromatic heterocycles. The first-order chi connectivity index (χ1) is 23.0. The molecule has 4 N–H and O–H groups in total. The third-order valence-electron chi connectivity index (χ3n) is 8.82. The van der Waals surface area contributed by atoms with E-state index >= 15 is 0 Å². The summed E-state index contributed by atoms with van der Waals surface area (Å²) < 4.78 is 53.5. The highest BCUT2D eigenvalue weighted by atomic mass is 19.3. The van der Waals surface area contributed by atoms with E-state index in [9.17, 15) is 27.2 Å². The quantitative estimate of drug-likeness (QED) is 0.151. The summed E-state index contributed by atoms with van der Waals surface area (Å²) in [6, 6.07) is 11.7. The molecule has 2 aromatic carbocycles. The predicted molar refractivity (Wildman–Crippen MR) is 171 cm³/mol. The summed E-state index contributed by atoms with van der Waals surface area (Å²) >= 11 is 0. The molecule has 0 saturated heterocycles. The molecule has 2 amide bonds.